The fraction of sp³-hybridized carbons (Fsp3) is 0.250. The minimum absolute atomic E-state index is 0.0176. The minimum Gasteiger partial charge on any atom is -0.481 e. The summed E-state index contributed by atoms with van der Waals surface area (Å²) in [5.41, 5.74) is 0.474. The van der Waals surface area contributed by atoms with Gasteiger partial charge in [0.2, 0.25) is 11.8 Å². The van der Waals surface area contributed by atoms with Gasteiger partial charge in [0.05, 0.1) is 17.9 Å². The number of amides is 2. The molecule has 0 fully saturated rings. The van der Waals surface area contributed by atoms with Gasteiger partial charge in [-0.05, 0) is 19.1 Å². The molecule has 0 aromatic carbocycles. The number of carbonyl (C=O) groups excluding carboxylic acids is 1. The number of hydrogen-bond acceptors (Lipinski definition) is 9. The van der Waals surface area contributed by atoms with Crippen LogP contribution in [-0.2, 0) is 19.9 Å². The molecule has 2 amide bonds. The van der Waals surface area contributed by atoms with E-state index in [1.165, 1.54) is 38.4 Å². The smallest absolute Gasteiger partial charge is 0.335 e. The molecule has 0 saturated heterocycles. The fourth-order valence-corrected chi connectivity index (χ4v) is 5.37. The molecule has 0 atom stereocenters. The lowest BCUT2D eigenvalue weighted by atomic mass is 10.4. The number of rotatable bonds is 6. The van der Waals surface area contributed by atoms with E-state index in [0.717, 1.165) is 4.40 Å². The van der Waals surface area contributed by atoms with Crippen molar-refractivity contribution >= 4 is 49.1 Å². The van der Waals surface area contributed by atoms with E-state index in [0.29, 0.717) is 5.69 Å². The van der Waals surface area contributed by atoms with Gasteiger partial charge in [-0.1, -0.05) is 18.5 Å². The number of sulfone groups is 1. The number of imidazole rings is 1. The lowest BCUT2D eigenvalue weighted by molar-refractivity contribution is 0.256. The molecular formula is C16H17ClN6O6S2. The first kappa shape index (κ1) is 22.7. The molecule has 0 aliphatic heterocycles. The van der Waals surface area contributed by atoms with Crippen LogP contribution >= 0.6 is 11.6 Å². The van der Waals surface area contributed by atoms with E-state index in [9.17, 15) is 21.6 Å². The molecule has 3 aromatic rings. The van der Waals surface area contributed by atoms with Crippen LogP contribution in [0.25, 0.3) is 5.65 Å². The highest BCUT2D eigenvalue weighted by molar-refractivity contribution is 7.93. The van der Waals surface area contributed by atoms with E-state index >= 15 is 0 Å². The summed E-state index contributed by atoms with van der Waals surface area (Å²) in [6.07, 6.45) is 1.18. The summed E-state index contributed by atoms with van der Waals surface area (Å²) in [4.78, 5) is 24.1. The topological polar surface area (TPSA) is 162 Å². The van der Waals surface area contributed by atoms with Crippen LogP contribution < -0.4 is 14.8 Å². The number of aryl methyl sites for hydroxylation is 1. The first-order valence-electron chi connectivity index (χ1n) is 8.60. The summed E-state index contributed by atoms with van der Waals surface area (Å²) in [5.74, 6) is -0.471. The molecular weight excluding hydrogens is 472 g/mol. The summed E-state index contributed by atoms with van der Waals surface area (Å²) in [7, 11) is -7.42. The molecule has 0 radical (unpaired) electrons. The van der Waals surface area contributed by atoms with Gasteiger partial charge < -0.3 is 4.74 Å². The van der Waals surface area contributed by atoms with E-state index in [1.54, 1.807) is 11.6 Å². The van der Waals surface area contributed by atoms with Crippen molar-refractivity contribution < 1.29 is 26.4 Å². The Bertz CT molecular complexity index is 1390. The summed E-state index contributed by atoms with van der Waals surface area (Å²) in [6.45, 7) is 2.96. The van der Waals surface area contributed by atoms with Crippen LogP contribution in [-0.4, -0.2) is 55.1 Å². The summed E-state index contributed by atoms with van der Waals surface area (Å²) < 4.78 is 58.6. The van der Waals surface area contributed by atoms with Crippen LogP contribution in [0.1, 0.15) is 12.6 Å². The molecule has 31 heavy (non-hydrogen) atoms. The van der Waals surface area contributed by atoms with Crippen molar-refractivity contribution in [3.8, 4) is 5.88 Å². The Kier molecular flexibility index (Phi) is 6.07. The molecule has 12 nitrogen and oxygen atoms in total. The molecule has 0 unspecified atom stereocenters. The fourth-order valence-electron chi connectivity index (χ4n) is 2.56. The number of nitrogens with one attached hydrogen (secondary N) is 2. The van der Waals surface area contributed by atoms with Crippen LogP contribution in [0, 0.1) is 6.92 Å². The second-order valence-electron chi connectivity index (χ2n) is 6.14. The summed E-state index contributed by atoms with van der Waals surface area (Å²) in [6, 6.07) is 3.06. The average Bonchev–Trinajstić information content (AvgIpc) is 3.07. The second-order valence-corrected chi connectivity index (χ2v) is 10.4. The highest BCUT2D eigenvalue weighted by atomic mass is 35.5. The van der Waals surface area contributed by atoms with Crippen LogP contribution in [0.15, 0.2) is 34.4 Å². The predicted octanol–water partition coefficient (Wildman–Crippen LogP) is 1.40. The predicted molar refractivity (Wildman–Crippen MR) is 111 cm³/mol. The number of fused-ring (bicyclic) bond motifs is 1. The Balaban J connectivity index is 2.03. The molecule has 3 heterocycles. The second kappa shape index (κ2) is 8.28. The Hall–Kier alpha value is -2.97. The number of carbonyl (C=O) groups is 1. The molecule has 15 heteroatoms. The molecule has 0 aliphatic rings. The Morgan fingerprint density at radius 2 is 1.90 bits per heavy atom. The maximum Gasteiger partial charge on any atom is 0.335 e. The Labute approximate surface area is 182 Å². The number of nitrogens with zero attached hydrogens (tertiary/aromatic N) is 4. The summed E-state index contributed by atoms with van der Waals surface area (Å²) in [5, 5.41) is 0.853. The van der Waals surface area contributed by atoms with Crippen molar-refractivity contribution in [1.29, 1.82) is 0 Å². The number of methoxy groups -OCH3 is 1. The lowest BCUT2D eigenvalue weighted by Gasteiger charge is -2.10. The Morgan fingerprint density at radius 3 is 2.55 bits per heavy atom. The van der Waals surface area contributed by atoms with Crippen molar-refractivity contribution in [2.24, 2.45) is 0 Å². The van der Waals surface area contributed by atoms with Crippen LogP contribution in [0.3, 0.4) is 0 Å². The van der Waals surface area contributed by atoms with Gasteiger partial charge in [-0.15, -0.1) is 0 Å². The van der Waals surface area contributed by atoms with E-state index in [-0.39, 0.29) is 22.5 Å². The third-order valence-corrected chi connectivity index (χ3v) is 7.27. The van der Waals surface area contributed by atoms with Crippen LogP contribution in [0.5, 0.6) is 5.88 Å². The number of ether oxygens (including phenoxy) is 1. The number of anilines is 1. The van der Waals surface area contributed by atoms with Gasteiger partial charge in [-0.3, -0.25) is 9.72 Å². The number of aromatic nitrogens is 4. The number of urea groups is 1. The summed E-state index contributed by atoms with van der Waals surface area (Å²) >= 11 is 5.93. The quantitative estimate of drug-likeness (QED) is 0.522. The van der Waals surface area contributed by atoms with E-state index < -0.39 is 41.7 Å². The molecule has 0 spiro atoms. The molecule has 2 N–H and O–H groups in total. The first-order chi connectivity index (χ1) is 14.5. The first-order valence-corrected chi connectivity index (χ1v) is 12.1. The van der Waals surface area contributed by atoms with E-state index in [1.807, 2.05) is 0 Å². The van der Waals surface area contributed by atoms with Gasteiger partial charge in [0, 0.05) is 18.0 Å². The maximum absolute atomic E-state index is 13.0. The normalized spacial score (nSPS) is 12.0. The van der Waals surface area contributed by atoms with Crippen molar-refractivity contribution in [2.45, 2.75) is 23.9 Å². The molecule has 3 rings (SSSR count). The average molecular weight is 489 g/mol. The van der Waals surface area contributed by atoms with Gasteiger partial charge in [0.25, 0.3) is 10.0 Å². The Morgan fingerprint density at radius 1 is 1.19 bits per heavy atom. The SMILES string of the molecule is CCS(=O)(=O)c1nc2ccc(Cl)cn2c1S(=O)(=O)NC(=O)Nc1nc(C)cc(OC)n1. The van der Waals surface area contributed by atoms with E-state index in [2.05, 4.69) is 20.3 Å². The third-order valence-electron chi connectivity index (χ3n) is 3.93. The van der Waals surface area contributed by atoms with Gasteiger partial charge >= 0.3 is 6.03 Å². The van der Waals surface area contributed by atoms with Crippen LogP contribution in [0.4, 0.5) is 10.7 Å². The zero-order chi connectivity index (χ0) is 23.0. The highest BCUT2D eigenvalue weighted by Gasteiger charge is 2.33. The molecule has 3 aromatic heterocycles. The molecule has 0 bridgehead atoms. The zero-order valence-electron chi connectivity index (χ0n) is 16.4. The van der Waals surface area contributed by atoms with Crippen molar-refractivity contribution in [2.75, 3.05) is 18.2 Å². The van der Waals surface area contributed by atoms with Gasteiger partial charge in [-0.25, -0.2) is 27.9 Å². The van der Waals surface area contributed by atoms with Crippen molar-refractivity contribution in [3.63, 3.8) is 0 Å². The van der Waals surface area contributed by atoms with E-state index in [4.69, 9.17) is 16.3 Å². The number of hydrogen-bond donors (Lipinski definition) is 2. The van der Waals surface area contributed by atoms with Gasteiger partial charge in [-0.2, -0.15) is 13.4 Å². The monoisotopic (exact) mass is 488 g/mol. The van der Waals surface area contributed by atoms with Crippen molar-refractivity contribution in [3.05, 3.63) is 35.1 Å². The number of sulfonamides is 1. The standard InChI is InChI=1S/C16H17ClN6O6S2/c1-4-30(25,26)13-14(23-8-10(17)5-6-11(23)19-13)31(27,28)22-16(24)21-15-18-9(2)7-12(20-15)29-3/h5-8H,4H2,1-3H3,(H2,18,20,21,22,24). The zero-order valence-corrected chi connectivity index (χ0v) is 18.8. The minimum atomic E-state index is -4.72. The third kappa shape index (κ3) is 4.70. The van der Waals surface area contributed by atoms with Crippen molar-refractivity contribution in [1.82, 2.24) is 24.1 Å². The highest BCUT2D eigenvalue weighted by Crippen LogP contribution is 2.25. The molecule has 166 valence electrons. The number of halogens is 1. The molecule has 0 saturated carbocycles. The maximum atomic E-state index is 13.0. The largest absolute Gasteiger partial charge is 0.481 e. The van der Waals surface area contributed by atoms with Crippen LogP contribution in [0.2, 0.25) is 5.02 Å². The van der Waals surface area contributed by atoms with Gasteiger partial charge in [0.15, 0.2) is 19.9 Å². The molecule has 0 aliphatic carbocycles. The number of pyridine rings is 1. The van der Waals surface area contributed by atoms with Gasteiger partial charge in [0.1, 0.15) is 5.65 Å². The lowest BCUT2D eigenvalue weighted by Crippen LogP contribution is -2.36.